The summed E-state index contributed by atoms with van der Waals surface area (Å²) >= 11 is 0. The number of amides is 1. The van der Waals surface area contributed by atoms with Crippen molar-refractivity contribution in [2.45, 2.75) is 6.42 Å². The Morgan fingerprint density at radius 1 is 1.06 bits per heavy atom. The summed E-state index contributed by atoms with van der Waals surface area (Å²) < 4.78 is 10.1. The molecule has 0 heterocycles. The Balaban J connectivity index is 3.15. The molecule has 0 aliphatic carbocycles. The van der Waals surface area contributed by atoms with E-state index in [0.717, 1.165) is 0 Å². The van der Waals surface area contributed by atoms with E-state index in [1.807, 2.05) is 0 Å². The monoisotopic (exact) mass is 227 g/mol. The fraction of sp³-hybridized carbons (Fsp3) is 0.455. The van der Waals surface area contributed by atoms with Crippen LogP contribution < -0.4 is 5.32 Å². The maximum absolute atomic E-state index is 10.8. The molecule has 0 radical (unpaired) electrons. The maximum Gasteiger partial charge on any atom is 0.245 e. The molecule has 0 rings (SSSR count). The highest BCUT2D eigenvalue weighted by Crippen LogP contribution is 1.86. The van der Waals surface area contributed by atoms with Gasteiger partial charge < -0.3 is 14.8 Å². The summed E-state index contributed by atoms with van der Waals surface area (Å²) in [5.41, 5.74) is 0. The number of nitrogens with one attached hydrogen (secondary N) is 1. The lowest BCUT2D eigenvalue weighted by molar-refractivity contribution is -0.119. The lowest BCUT2D eigenvalue weighted by Gasteiger charge is -2.05. The van der Waals surface area contributed by atoms with Crippen LogP contribution in [0.1, 0.15) is 6.42 Å². The van der Waals surface area contributed by atoms with Crippen molar-refractivity contribution in [2.24, 2.45) is 0 Å². The van der Waals surface area contributed by atoms with Crippen LogP contribution in [0.15, 0.2) is 25.3 Å². The van der Waals surface area contributed by atoms with E-state index in [4.69, 9.17) is 9.47 Å². The topological polar surface area (TPSA) is 64.6 Å². The van der Waals surface area contributed by atoms with Gasteiger partial charge in [0.25, 0.3) is 0 Å². The van der Waals surface area contributed by atoms with E-state index in [1.165, 1.54) is 12.2 Å². The van der Waals surface area contributed by atoms with E-state index in [0.29, 0.717) is 26.2 Å². The van der Waals surface area contributed by atoms with Crippen LogP contribution in [-0.4, -0.2) is 38.2 Å². The average molecular weight is 227 g/mol. The second-order valence-corrected chi connectivity index (χ2v) is 2.83. The van der Waals surface area contributed by atoms with Gasteiger partial charge in [-0.3, -0.25) is 9.59 Å². The quantitative estimate of drug-likeness (QED) is 0.334. The van der Waals surface area contributed by atoms with E-state index in [2.05, 4.69) is 18.5 Å². The molecule has 0 aromatic carbocycles. The molecular weight excluding hydrogens is 210 g/mol. The fourth-order valence-electron chi connectivity index (χ4n) is 0.761. The van der Waals surface area contributed by atoms with Crippen LogP contribution in [0.2, 0.25) is 0 Å². The van der Waals surface area contributed by atoms with Gasteiger partial charge in [-0.15, -0.1) is 0 Å². The van der Waals surface area contributed by atoms with Crippen LogP contribution in [0.25, 0.3) is 0 Å². The summed E-state index contributed by atoms with van der Waals surface area (Å²) in [6.07, 6.45) is 2.77. The summed E-state index contributed by atoms with van der Waals surface area (Å²) in [6, 6.07) is 0. The first kappa shape index (κ1) is 14.5. The third-order valence-electron chi connectivity index (χ3n) is 1.63. The van der Waals surface area contributed by atoms with Crippen molar-refractivity contribution < 1.29 is 19.1 Å². The number of allylic oxidation sites excluding steroid dienone is 1. The largest absolute Gasteiger partial charge is 0.379 e. The molecule has 0 aliphatic heterocycles. The normalized spacial score (nSPS) is 9.50. The number of ketones is 1. The number of ether oxygens (including phenoxy) is 2. The second-order valence-electron chi connectivity index (χ2n) is 2.83. The minimum absolute atomic E-state index is 0.0424. The lowest BCUT2D eigenvalue weighted by Crippen LogP contribution is -2.24. The molecule has 5 heteroatoms. The first-order chi connectivity index (χ1) is 7.70. The number of carbonyl (C=O) groups is 2. The molecule has 0 bridgehead atoms. The van der Waals surface area contributed by atoms with Crippen LogP contribution in [-0.2, 0) is 19.1 Å². The van der Waals surface area contributed by atoms with Gasteiger partial charge in [0.1, 0.15) is 6.73 Å². The SMILES string of the molecule is C=CC(=O)CCOCCOCNC(=O)C=C. The van der Waals surface area contributed by atoms with Gasteiger partial charge in [0.05, 0.1) is 19.8 Å². The van der Waals surface area contributed by atoms with Gasteiger partial charge in [-0.2, -0.15) is 0 Å². The lowest BCUT2D eigenvalue weighted by atomic mass is 10.3. The van der Waals surface area contributed by atoms with Crippen LogP contribution in [0.4, 0.5) is 0 Å². The predicted octanol–water partition coefficient (Wildman–Crippen LogP) is 0.425. The summed E-state index contributed by atoms with van der Waals surface area (Å²) in [7, 11) is 0. The molecule has 0 aromatic rings. The van der Waals surface area contributed by atoms with Gasteiger partial charge >= 0.3 is 0 Å². The summed E-state index contributed by atoms with van der Waals surface area (Å²) in [5.74, 6) is -0.323. The van der Waals surface area contributed by atoms with E-state index >= 15 is 0 Å². The Kier molecular flexibility index (Phi) is 9.15. The molecule has 90 valence electrons. The van der Waals surface area contributed by atoms with E-state index in [1.54, 1.807) is 0 Å². The van der Waals surface area contributed by atoms with E-state index in [9.17, 15) is 9.59 Å². The van der Waals surface area contributed by atoms with Gasteiger partial charge in [0.15, 0.2) is 5.78 Å². The molecule has 1 amide bonds. The molecule has 0 unspecified atom stereocenters. The molecule has 5 nitrogen and oxygen atoms in total. The summed E-state index contributed by atoms with van der Waals surface area (Å²) in [6.45, 7) is 7.86. The molecule has 0 aromatic heterocycles. The Bertz CT molecular complexity index is 224. The molecule has 0 fully saturated rings. The van der Waals surface area contributed by atoms with E-state index < -0.39 is 0 Å². The first-order valence-electron chi connectivity index (χ1n) is 4.91. The van der Waals surface area contributed by atoms with E-state index in [-0.39, 0.29) is 18.4 Å². The second kappa shape index (κ2) is 10.1. The number of carbonyl (C=O) groups excluding carboxylic acids is 2. The minimum Gasteiger partial charge on any atom is -0.379 e. The van der Waals surface area contributed by atoms with Crippen molar-refractivity contribution in [2.75, 3.05) is 26.6 Å². The van der Waals surface area contributed by atoms with Crippen molar-refractivity contribution in [1.82, 2.24) is 5.32 Å². The molecule has 0 saturated carbocycles. The van der Waals surface area contributed by atoms with Gasteiger partial charge in [-0.1, -0.05) is 13.2 Å². The van der Waals surface area contributed by atoms with Crippen molar-refractivity contribution in [3.8, 4) is 0 Å². The zero-order valence-electron chi connectivity index (χ0n) is 9.24. The van der Waals surface area contributed by atoms with Crippen molar-refractivity contribution in [1.29, 1.82) is 0 Å². The summed E-state index contributed by atoms with van der Waals surface area (Å²) in [5, 5.41) is 2.45. The van der Waals surface area contributed by atoms with Crippen LogP contribution >= 0.6 is 0 Å². The zero-order chi connectivity index (χ0) is 12.2. The third kappa shape index (κ3) is 9.11. The van der Waals surface area contributed by atoms with Crippen molar-refractivity contribution in [3.05, 3.63) is 25.3 Å². The highest BCUT2D eigenvalue weighted by molar-refractivity contribution is 5.89. The number of hydrogen-bond acceptors (Lipinski definition) is 4. The Hall–Kier alpha value is -1.46. The Morgan fingerprint density at radius 3 is 2.38 bits per heavy atom. The molecular formula is C11H17NO4. The van der Waals surface area contributed by atoms with Gasteiger partial charge in [-0.05, 0) is 12.2 Å². The van der Waals surface area contributed by atoms with Gasteiger partial charge in [0, 0.05) is 6.42 Å². The third-order valence-corrected chi connectivity index (χ3v) is 1.63. The Labute approximate surface area is 95.1 Å². The van der Waals surface area contributed by atoms with Gasteiger partial charge in [-0.25, -0.2) is 0 Å². The number of hydrogen-bond donors (Lipinski definition) is 1. The minimum atomic E-state index is -0.280. The van der Waals surface area contributed by atoms with Gasteiger partial charge in [0.2, 0.25) is 5.91 Å². The highest BCUT2D eigenvalue weighted by atomic mass is 16.5. The van der Waals surface area contributed by atoms with Crippen molar-refractivity contribution >= 4 is 11.7 Å². The zero-order valence-corrected chi connectivity index (χ0v) is 9.24. The fourth-order valence-corrected chi connectivity index (χ4v) is 0.761. The standard InChI is InChI=1S/C11H17NO4/c1-3-10(13)5-6-15-7-8-16-9-12-11(14)4-2/h3-4H,1-2,5-9H2,(H,12,14). The number of rotatable bonds is 10. The predicted molar refractivity (Wildman–Crippen MR) is 59.8 cm³/mol. The molecule has 16 heavy (non-hydrogen) atoms. The van der Waals surface area contributed by atoms with Crippen LogP contribution in [0.5, 0.6) is 0 Å². The smallest absolute Gasteiger partial charge is 0.245 e. The maximum atomic E-state index is 10.8. The molecule has 0 saturated heterocycles. The molecule has 0 atom stereocenters. The van der Waals surface area contributed by atoms with Crippen LogP contribution in [0.3, 0.4) is 0 Å². The molecule has 1 N–H and O–H groups in total. The Morgan fingerprint density at radius 2 is 1.75 bits per heavy atom. The molecule has 0 spiro atoms. The van der Waals surface area contributed by atoms with Crippen LogP contribution in [0, 0.1) is 0 Å². The molecule has 0 aliphatic rings. The van der Waals surface area contributed by atoms with Crippen molar-refractivity contribution in [3.63, 3.8) is 0 Å². The average Bonchev–Trinajstić information content (AvgIpc) is 2.31. The highest BCUT2D eigenvalue weighted by Gasteiger charge is 1.96. The first-order valence-corrected chi connectivity index (χ1v) is 4.91. The summed E-state index contributed by atoms with van der Waals surface area (Å²) in [4.78, 5) is 21.4.